The first-order valence-corrected chi connectivity index (χ1v) is 13.5. The quantitative estimate of drug-likeness (QED) is 0.417. The van der Waals surface area contributed by atoms with Crippen LogP contribution in [0.5, 0.6) is 0 Å². The molecule has 3 heterocycles. The van der Waals surface area contributed by atoms with Crippen molar-refractivity contribution in [2.24, 2.45) is 11.8 Å². The van der Waals surface area contributed by atoms with Gasteiger partial charge in [0.1, 0.15) is 6.04 Å². The van der Waals surface area contributed by atoms with E-state index in [4.69, 9.17) is 0 Å². The highest BCUT2D eigenvalue weighted by Gasteiger charge is 2.73. The van der Waals surface area contributed by atoms with Crippen LogP contribution >= 0.6 is 11.8 Å². The lowest BCUT2D eigenvalue weighted by atomic mass is 9.70. The molecule has 1 aromatic carbocycles. The standard InChI is InChI=1S/C26H37N3O4S/c1-3-9-17(2)28-24(32)22-26-13-12-19(34-26)20(21(26)25(33)29(22)14-7-8-15-30)23(31)27-16-18-10-5-4-6-11-18/h4-6,10-11,17,19-22,30H,3,7-9,12-16H2,1-2H3,(H,27,31)(H,28,32)/t17?,19-,20+,21-,22?,26?/m0/s1. The van der Waals surface area contributed by atoms with E-state index < -0.39 is 22.6 Å². The molecule has 7 nitrogen and oxygen atoms in total. The van der Waals surface area contributed by atoms with Gasteiger partial charge in [0.05, 0.1) is 16.6 Å². The first-order chi connectivity index (χ1) is 16.4. The number of hydrogen-bond donors (Lipinski definition) is 3. The van der Waals surface area contributed by atoms with Gasteiger partial charge in [-0.25, -0.2) is 0 Å². The molecule has 34 heavy (non-hydrogen) atoms. The summed E-state index contributed by atoms with van der Waals surface area (Å²) < 4.78 is -0.550. The maximum atomic E-state index is 13.8. The molecule has 186 valence electrons. The van der Waals surface area contributed by atoms with Gasteiger partial charge in [-0.1, -0.05) is 43.7 Å². The molecule has 3 aliphatic rings. The number of carbonyl (C=O) groups is 3. The fourth-order valence-corrected chi connectivity index (χ4v) is 8.34. The Bertz CT molecular complexity index is 897. The molecule has 3 aliphatic heterocycles. The predicted molar refractivity (Wildman–Crippen MR) is 133 cm³/mol. The molecule has 6 atom stereocenters. The van der Waals surface area contributed by atoms with Gasteiger partial charge in [-0.05, 0) is 44.6 Å². The van der Waals surface area contributed by atoms with Gasteiger partial charge in [0.25, 0.3) is 0 Å². The van der Waals surface area contributed by atoms with E-state index in [1.807, 2.05) is 37.3 Å². The Morgan fingerprint density at radius 2 is 2.00 bits per heavy atom. The zero-order valence-electron chi connectivity index (χ0n) is 20.2. The monoisotopic (exact) mass is 487 g/mol. The van der Waals surface area contributed by atoms with Crippen molar-refractivity contribution in [2.45, 2.75) is 81.0 Å². The van der Waals surface area contributed by atoms with E-state index in [1.165, 1.54) is 0 Å². The minimum atomic E-state index is -0.565. The van der Waals surface area contributed by atoms with Crippen LogP contribution in [-0.4, -0.2) is 63.0 Å². The van der Waals surface area contributed by atoms with E-state index in [-0.39, 0.29) is 35.6 Å². The zero-order chi connectivity index (χ0) is 24.3. The summed E-state index contributed by atoms with van der Waals surface area (Å²) in [6.07, 6.45) is 4.69. The van der Waals surface area contributed by atoms with Gasteiger partial charge >= 0.3 is 0 Å². The highest BCUT2D eigenvalue weighted by atomic mass is 32.2. The van der Waals surface area contributed by atoms with Crippen LogP contribution in [0, 0.1) is 11.8 Å². The normalized spacial score (nSPS) is 30.3. The van der Waals surface area contributed by atoms with Crippen LogP contribution in [0.3, 0.4) is 0 Å². The Morgan fingerprint density at radius 3 is 2.71 bits per heavy atom. The SMILES string of the molecule is CCCC(C)NC(=O)C1N(CCCCO)C(=O)[C@@H]2[C@H](C(=O)NCc3ccccc3)[C@@H]3CCC12S3. The summed E-state index contributed by atoms with van der Waals surface area (Å²) >= 11 is 1.70. The number of hydrogen-bond acceptors (Lipinski definition) is 5. The number of unbranched alkanes of at least 4 members (excludes halogenated alkanes) is 1. The van der Waals surface area contributed by atoms with E-state index >= 15 is 0 Å². The van der Waals surface area contributed by atoms with Gasteiger partial charge in [-0.3, -0.25) is 14.4 Å². The molecule has 0 radical (unpaired) electrons. The molecule has 2 bridgehead atoms. The average Bonchev–Trinajstić information content (AvgIpc) is 3.46. The average molecular weight is 488 g/mol. The second kappa shape index (κ2) is 10.7. The number of aliphatic hydroxyl groups excluding tert-OH is 1. The van der Waals surface area contributed by atoms with Crippen LogP contribution in [0.25, 0.3) is 0 Å². The van der Waals surface area contributed by atoms with Gasteiger partial charge in [0.15, 0.2) is 0 Å². The van der Waals surface area contributed by atoms with Gasteiger partial charge in [0, 0.05) is 31.0 Å². The fourth-order valence-electron chi connectivity index (χ4n) is 6.12. The lowest BCUT2D eigenvalue weighted by Gasteiger charge is -2.35. The van der Waals surface area contributed by atoms with Crippen LogP contribution < -0.4 is 10.6 Å². The third-order valence-electron chi connectivity index (χ3n) is 7.58. The van der Waals surface area contributed by atoms with Crippen LogP contribution in [0.2, 0.25) is 0 Å². The van der Waals surface area contributed by atoms with Crippen molar-refractivity contribution in [3.05, 3.63) is 35.9 Å². The minimum absolute atomic E-state index is 0.0379. The number of nitrogens with one attached hydrogen (secondary N) is 2. The highest BCUT2D eigenvalue weighted by Crippen LogP contribution is 2.66. The zero-order valence-corrected chi connectivity index (χ0v) is 21.0. The fraction of sp³-hybridized carbons (Fsp3) is 0.654. The molecular formula is C26H37N3O4S. The van der Waals surface area contributed by atoms with E-state index in [0.717, 1.165) is 31.2 Å². The summed E-state index contributed by atoms with van der Waals surface area (Å²) in [6.45, 7) is 5.01. The Labute approximate surface area is 206 Å². The van der Waals surface area contributed by atoms with Crippen molar-refractivity contribution in [3.63, 3.8) is 0 Å². The second-order valence-corrected chi connectivity index (χ2v) is 11.5. The molecule has 0 saturated carbocycles. The molecule has 3 N–H and O–H groups in total. The van der Waals surface area contributed by atoms with Gasteiger partial charge in [0.2, 0.25) is 17.7 Å². The molecule has 1 spiro atoms. The topological polar surface area (TPSA) is 98.7 Å². The van der Waals surface area contributed by atoms with Gasteiger partial charge < -0.3 is 20.6 Å². The van der Waals surface area contributed by atoms with Crippen LogP contribution in [-0.2, 0) is 20.9 Å². The van der Waals surface area contributed by atoms with E-state index in [2.05, 4.69) is 17.6 Å². The number of benzene rings is 1. The molecule has 8 heteroatoms. The third-order valence-corrected chi connectivity index (χ3v) is 9.53. The summed E-state index contributed by atoms with van der Waals surface area (Å²) in [4.78, 5) is 42.4. The highest BCUT2D eigenvalue weighted by molar-refractivity contribution is 8.02. The number of rotatable bonds is 11. The molecule has 4 rings (SSSR count). The lowest BCUT2D eigenvalue weighted by molar-refractivity contribution is -0.140. The summed E-state index contributed by atoms with van der Waals surface area (Å²) in [6, 6.07) is 9.24. The molecule has 3 fully saturated rings. The van der Waals surface area contributed by atoms with Crippen molar-refractivity contribution >= 4 is 29.5 Å². The smallest absolute Gasteiger partial charge is 0.244 e. The first-order valence-electron chi connectivity index (χ1n) is 12.6. The van der Waals surface area contributed by atoms with E-state index in [1.54, 1.807) is 16.7 Å². The van der Waals surface area contributed by atoms with Crippen LogP contribution in [0.15, 0.2) is 30.3 Å². The first kappa shape index (κ1) is 25.0. The summed E-state index contributed by atoms with van der Waals surface area (Å²) in [5, 5.41) is 15.5. The summed E-state index contributed by atoms with van der Waals surface area (Å²) in [7, 11) is 0. The van der Waals surface area contributed by atoms with Crippen molar-refractivity contribution in [3.8, 4) is 0 Å². The Balaban J connectivity index is 1.56. The largest absolute Gasteiger partial charge is 0.396 e. The van der Waals surface area contributed by atoms with Crippen molar-refractivity contribution < 1.29 is 19.5 Å². The number of thioether (sulfide) groups is 1. The van der Waals surface area contributed by atoms with Crippen LogP contribution in [0.4, 0.5) is 0 Å². The second-order valence-electron chi connectivity index (χ2n) is 9.92. The summed E-state index contributed by atoms with van der Waals surface area (Å²) in [5.41, 5.74) is 1.02. The van der Waals surface area contributed by atoms with E-state index in [0.29, 0.717) is 25.9 Å². The predicted octanol–water partition coefficient (Wildman–Crippen LogP) is 2.47. The maximum Gasteiger partial charge on any atom is 0.244 e. The van der Waals surface area contributed by atoms with Gasteiger partial charge in [-0.2, -0.15) is 0 Å². The number of aliphatic hydroxyl groups is 1. The van der Waals surface area contributed by atoms with Crippen molar-refractivity contribution in [1.82, 2.24) is 15.5 Å². The van der Waals surface area contributed by atoms with Crippen molar-refractivity contribution in [2.75, 3.05) is 13.2 Å². The number of carbonyl (C=O) groups excluding carboxylic acids is 3. The Kier molecular flexibility index (Phi) is 7.87. The minimum Gasteiger partial charge on any atom is -0.396 e. The number of fused-ring (bicyclic) bond motifs is 1. The molecule has 3 amide bonds. The van der Waals surface area contributed by atoms with Gasteiger partial charge in [-0.15, -0.1) is 11.8 Å². The number of likely N-dealkylation sites (tertiary alicyclic amines) is 1. The number of nitrogens with zero attached hydrogens (tertiary/aromatic N) is 1. The molecule has 3 saturated heterocycles. The molecule has 3 unspecified atom stereocenters. The van der Waals surface area contributed by atoms with Crippen molar-refractivity contribution in [1.29, 1.82) is 0 Å². The molecule has 0 aliphatic carbocycles. The number of amides is 3. The summed E-state index contributed by atoms with van der Waals surface area (Å²) in [5.74, 6) is -1.15. The molecule has 0 aromatic heterocycles. The lowest BCUT2D eigenvalue weighted by Crippen LogP contribution is -2.55. The van der Waals surface area contributed by atoms with E-state index in [9.17, 15) is 19.5 Å². The third kappa shape index (κ3) is 4.59. The Morgan fingerprint density at radius 1 is 1.24 bits per heavy atom. The maximum absolute atomic E-state index is 13.8. The molecule has 1 aromatic rings. The Hall–Kier alpha value is -2.06. The van der Waals surface area contributed by atoms with Crippen LogP contribution in [0.1, 0.15) is 57.9 Å². The molecular weight excluding hydrogens is 450 g/mol.